The number of benzene rings is 2. The van der Waals surface area contributed by atoms with Crippen molar-refractivity contribution in [2.75, 3.05) is 0 Å². The van der Waals surface area contributed by atoms with Crippen molar-refractivity contribution in [3.8, 4) is 33.6 Å². The molecule has 0 atom stereocenters. The summed E-state index contributed by atoms with van der Waals surface area (Å²) in [4.78, 5) is 15.1. The van der Waals surface area contributed by atoms with Crippen LogP contribution < -0.4 is 0 Å². The van der Waals surface area contributed by atoms with Gasteiger partial charge in [0.1, 0.15) is 0 Å². The monoisotopic (exact) mass is 326 g/mol. The second-order valence-corrected chi connectivity index (χ2v) is 6.50. The van der Waals surface area contributed by atoms with Gasteiger partial charge in [-0.25, -0.2) is 9.97 Å². The molecule has 2 heterocycles. The first-order valence-electron chi connectivity index (χ1n) is 8.63. The molecule has 1 aliphatic rings. The third-order valence-electron chi connectivity index (χ3n) is 4.98. The highest BCUT2D eigenvalue weighted by Crippen LogP contribution is 2.33. The van der Waals surface area contributed by atoms with Gasteiger partial charge in [-0.15, -0.1) is 0 Å². The summed E-state index contributed by atoms with van der Waals surface area (Å²) < 4.78 is 0. The molecule has 122 valence electrons. The molecule has 0 fully saturated rings. The van der Waals surface area contributed by atoms with E-state index in [2.05, 4.69) is 62.4 Å². The van der Waals surface area contributed by atoms with Crippen LogP contribution in [-0.4, -0.2) is 19.9 Å². The van der Waals surface area contributed by atoms with Gasteiger partial charge in [-0.3, -0.25) is 0 Å². The Morgan fingerprint density at radius 3 is 2.48 bits per heavy atom. The van der Waals surface area contributed by atoms with Crippen LogP contribution in [0.25, 0.3) is 33.6 Å². The summed E-state index contributed by atoms with van der Waals surface area (Å²) in [5.74, 6) is 0. The van der Waals surface area contributed by atoms with E-state index >= 15 is 0 Å². The fourth-order valence-corrected chi connectivity index (χ4v) is 3.67. The maximum absolute atomic E-state index is 4.54. The number of aromatic nitrogens is 4. The van der Waals surface area contributed by atoms with Crippen molar-refractivity contribution >= 4 is 0 Å². The number of hydrogen-bond acceptors (Lipinski definition) is 2. The van der Waals surface area contributed by atoms with Crippen molar-refractivity contribution in [1.29, 1.82) is 0 Å². The minimum Gasteiger partial charge on any atom is -0.348 e. The number of rotatable bonds is 2. The van der Waals surface area contributed by atoms with Crippen LogP contribution in [0.5, 0.6) is 0 Å². The number of imidazole rings is 2. The van der Waals surface area contributed by atoms with Crippen LogP contribution in [0.15, 0.2) is 61.3 Å². The second-order valence-electron chi connectivity index (χ2n) is 6.50. The summed E-state index contributed by atoms with van der Waals surface area (Å²) in [6.07, 6.45) is 8.68. The van der Waals surface area contributed by atoms with Crippen LogP contribution in [0.3, 0.4) is 0 Å². The van der Waals surface area contributed by atoms with Crippen molar-refractivity contribution in [3.63, 3.8) is 0 Å². The van der Waals surface area contributed by atoms with Gasteiger partial charge in [0.2, 0.25) is 0 Å². The standard InChI is InChI=1S/C21H18N4/c1-2-17-10-16(8-9-18(17)21-19(3-1)24-13-25-21)14-4-6-15(7-5-14)20-11-22-12-23-20/h4-13H,1-3H2,(H,22,23)(H,24,25). The van der Waals surface area contributed by atoms with E-state index in [1.807, 2.05) is 12.5 Å². The minimum atomic E-state index is 1.04. The predicted molar refractivity (Wildman–Crippen MR) is 99.1 cm³/mol. The number of fused-ring (bicyclic) bond motifs is 3. The van der Waals surface area contributed by atoms with Crippen LogP contribution >= 0.6 is 0 Å². The minimum absolute atomic E-state index is 1.04. The number of H-pyrrole nitrogens is 2. The number of aromatic amines is 2. The predicted octanol–water partition coefficient (Wildman–Crippen LogP) is 4.62. The zero-order valence-corrected chi connectivity index (χ0v) is 13.8. The molecule has 2 aromatic carbocycles. The summed E-state index contributed by atoms with van der Waals surface area (Å²) >= 11 is 0. The van der Waals surface area contributed by atoms with Crippen LogP contribution in [0.1, 0.15) is 17.7 Å². The average molecular weight is 326 g/mol. The highest BCUT2D eigenvalue weighted by molar-refractivity contribution is 5.75. The molecule has 0 saturated heterocycles. The highest BCUT2D eigenvalue weighted by atomic mass is 14.9. The molecule has 25 heavy (non-hydrogen) atoms. The molecule has 0 amide bonds. The van der Waals surface area contributed by atoms with E-state index in [4.69, 9.17) is 0 Å². The van der Waals surface area contributed by atoms with Crippen molar-refractivity contribution in [2.45, 2.75) is 19.3 Å². The quantitative estimate of drug-likeness (QED) is 0.564. The fraction of sp³-hybridized carbons (Fsp3) is 0.143. The summed E-state index contributed by atoms with van der Waals surface area (Å²) in [6.45, 7) is 0. The Hall–Kier alpha value is -3.14. The fourth-order valence-electron chi connectivity index (χ4n) is 3.67. The van der Waals surface area contributed by atoms with E-state index in [0.717, 1.165) is 36.2 Å². The number of nitrogens with zero attached hydrogens (tertiary/aromatic N) is 2. The van der Waals surface area contributed by atoms with E-state index in [-0.39, 0.29) is 0 Å². The molecule has 5 rings (SSSR count). The van der Waals surface area contributed by atoms with Crippen molar-refractivity contribution in [1.82, 2.24) is 19.9 Å². The average Bonchev–Trinajstić information content (AvgIpc) is 3.32. The van der Waals surface area contributed by atoms with Gasteiger partial charge in [0.25, 0.3) is 0 Å². The van der Waals surface area contributed by atoms with Gasteiger partial charge in [-0.05, 0) is 41.5 Å². The molecule has 0 bridgehead atoms. The molecule has 1 aliphatic carbocycles. The lowest BCUT2D eigenvalue weighted by molar-refractivity contribution is 0.818. The van der Waals surface area contributed by atoms with Crippen LogP contribution in [0.4, 0.5) is 0 Å². The number of hydrogen-bond donors (Lipinski definition) is 2. The molecule has 0 radical (unpaired) electrons. The Morgan fingerprint density at radius 2 is 1.64 bits per heavy atom. The molecule has 4 nitrogen and oxygen atoms in total. The van der Waals surface area contributed by atoms with E-state index < -0.39 is 0 Å². The Bertz CT molecular complexity index is 1010. The van der Waals surface area contributed by atoms with E-state index in [1.165, 1.54) is 27.9 Å². The Kier molecular flexibility index (Phi) is 3.27. The van der Waals surface area contributed by atoms with Gasteiger partial charge in [-0.2, -0.15) is 0 Å². The normalized spacial score (nSPS) is 13.1. The van der Waals surface area contributed by atoms with Gasteiger partial charge in [0, 0.05) is 11.3 Å². The Balaban J connectivity index is 1.53. The van der Waals surface area contributed by atoms with Gasteiger partial charge < -0.3 is 9.97 Å². The van der Waals surface area contributed by atoms with Crippen molar-refractivity contribution in [2.24, 2.45) is 0 Å². The molecule has 2 N–H and O–H groups in total. The number of aryl methyl sites for hydroxylation is 2. The van der Waals surface area contributed by atoms with Crippen LogP contribution in [0, 0.1) is 0 Å². The third-order valence-corrected chi connectivity index (χ3v) is 4.98. The molecule has 4 aromatic rings. The molecule has 0 aliphatic heterocycles. The zero-order chi connectivity index (χ0) is 16.6. The summed E-state index contributed by atoms with van der Waals surface area (Å²) in [7, 11) is 0. The summed E-state index contributed by atoms with van der Waals surface area (Å²) in [6, 6.07) is 15.4. The van der Waals surface area contributed by atoms with E-state index in [0.29, 0.717) is 0 Å². The van der Waals surface area contributed by atoms with E-state index in [9.17, 15) is 0 Å². The highest BCUT2D eigenvalue weighted by Gasteiger charge is 2.17. The maximum Gasteiger partial charge on any atom is 0.0929 e. The largest absolute Gasteiger partial charge is 0.348 e. The Morgan fingerprint density at radius 1 is 0.800 bits per heavy atom. The Labute approximate surface area is 146 Å². The van der Waals surface area contributed by atoms with Gasteiger partial charge >= 0.3 is 0 Å². The van der Waals surface area contributed by atoms with Gasteiger partial charge in [0.05, 0.1) is 30.2 Å². The van der Waals surface area contributed by atoms with Gasteiger partial charge in [0.15, 0.2) is 0 Å². The molecule has 2 aromatic heterocycles. The summed E-state index contributed by atoms with van der Waals surface area (Å²) in [5.41, 5.74) is 9.72. The molecule has 0 unspecified atom stereocenters. The molecule has 0 saturated carbocycles. The van der Waals surface area contributed by atoms with Crippen LogP contribution in [0.2, 0.25) is 0 Å². The summed E-state index contributed by atoms with van der Waals surface area (Å²) in [5, 5.41) is 0. The molecular formula is C21H18N4. The number of nitrogens with one attached hydrogen (secondary N) is 2. The van der Waals surface area contributed by atoms with Crippen molar-refractivity contribution < 1.29 is 0 Å². The lowest BCUT2D eigenvalue weighted by atomic mass is 9.95. The maximum atomic E-state index is 4.54. The first kappa shape index (κ1) is 14.2. The third kappa shape index (κ3) is 2.47. The van der Waals surface area contributed by atoms with Crippen molar-refractivity contribution in [3.05, 3.63) is 72.6 Å². The SMILES string of the molecule is c1ncc(-c2ccc(-c3ccc4c(c3)CCCc3[nH]cnc3-4)cc2)[nH]1. The second kappa shape index (κ2) is 5.74. The van der Waals surface area contributed by atoms with Gasteiger partial charge in [-0.1, -0.05) is 42.5 Å². The first-order chi connectivity index (χ1) is 12.4. The first-order valence-corrected chi connectivity index (χ1v) is 8.63. The molecular weight excluding hydrogens is 308 g/mol. The smallest absolute Gasteiger partial charge is 0.0929 e. The zero-order valence-electron chi connectivity index (χ0n) is 13.8. The lowest BCUT2D eigenvalue weighted by Gasteiger charge is -2.09. The molecule has 0 spiro atoms. The molecule has 4 heteroatoms. The van der Waals surface area contributed by atoms with Crippen LogP contribution in [-0.2, 0) is 12.8 Å². The van der Waals surface area contributed by atoms with E-state index in [1.54, 1.807) is 6.33 Å². The topological polar surface area (TPSA) is 57.4 Å². The lowest BCUT2D eigenvalue weighted by Crippen LogP contribution is -1.90.